The molecule has 0 bridgehead atoms. The second kappa shape index (κ2) is 6.30. The summed E-state index contributed by atoms with van der Waals surface area (Å²) in [6.07, 6.45) is 5.13. The van der Waals surface area contributed by atoms with Crippen LogP contribution in [0.3, 0.4) is 0 Å². The number of pyridine rings is 1. The summed E-state index contributed by atoms with van der Waals surface area (Å²) in [4.78, 5) is 33.5. The van der Waals surface area contributed by atoms with Crippen molar-refractivity contribution in [2.24, 2.45) is 0 Å². The molecule has 132 valence electrons. The Morgan fingerprint density at radius 3 is 2.92 bits per heavy atom. The van der Waals surface area contributed by atoms with Gasteiger partial charge in [-0.1, -0.05) is 11.6 Å². The van der Waals surface area contributed by atoms with Crippen LogP contribution in [0, 0.1) is 0 Å². The fourth-order valence-electron chi connectivity index (χ4n) is 3.01. The number of halogens is 1. The number of imidazole rings is 1. The fraction of sp³-hybridized carbons (Fsp3) is 0.176. The summed E-state index contributed by atoms with van der Waals surface area (Å²) in [6.45, 7) is 0.162. The molecule has 1 amide bonds. The molecule has 0 radical (unpaired) electrons. The van der Waals surface area contributed by atoms with Gasteiger partial charge in [0.15, 0.2) is 0 Å². The highest BCUT2D eigenvalue weighted by Gasteiger charge is 2.30. The van der Waals surface area contributed by atoms with E-state index in [0.717, 1.165) is 11.1 Å². The van der Waals surface area contributed by atoms with Gasteiger partial charge in [0.1, 0.15) is 11.9 Å². The first kappa shape index (κ1) is 16.3. The number of carboxylic acids is 1. The zero-order valence-corrected chi connectivity index (χ0v) is 14.2. The van der Waals surface area contributed by atoms with Crippen molar-refractivity contribution in [2.45, 2.75) is 6.04 Å². The maximum atomic E-state index is 11.9. The summed E-state index contributed by atoms with van der Waals surface area (Å²) in [7, 11) is 0. The average Bonchev–Trinajstić information content (AvgIpc) is 3.14. The third-order valence-corrected chi connectivity index (χ3v) is 4.45. The molecule has 1 atom stereocenters. The highest BCUT2D eigenvalue weighted by molar-refractivity contribution is 6.31. The molecule has 0 spiro atoms. The molecule has 2 aromatic heterocycles. The van der Waals surface area contributed by atoms with E-state index >= 15 is 0 Å². The number of carbonyl (C=O) groups excluding carboxylic acids is 1. The van der Waals surface area contributed by atoms with E-state index < -0.39 is 12.0 Å². The SMILES string of the molecule is O=C1CN(c2cc(-n3ccnc3)c3ccc(Cl)cc3n2)CC(C(=O)O)N1. The number of hydrogen-bond acceptors (Lipinski definition) is 5. The van der Waals surface area contributed by atoms with Crippen LogP contribution in [0.5, 0.6) is 0 Å². The Bertz CT molecular complexity index is 1010. The number of amides is 1. The molecule has 1 aliphatic rings. The first-order valence-corrected chi connectivity index (χ1v) is 8.25. The lowest BCUT2D eigenvalue weighted by Gasteiger charge is -2.32. The number of carboxylic acid groups (broad SMARTS) is 1. The van der Waals surface area contributed by atoms with Crippen LogP contribution in [0.2, 0.25) is 5.02 Å². The Hall–Kier alpha value is -3.13. The summed E-state index contributed by atoms with van der Waals surface area (Å²) in [5.74, 6) is -0.938. The van der Waals surface area contributed by atoms with Crippen molar-refractivity contribution in [3.63, 3.8) is 0 Å². The van der Waals surface area contributed by atoms with Crippen molar-refractivity contribution >= 4 is 40.2 Å². The minimum atomic E-state index is -1.08. The third-order valence-electron chi connectivity index (χ3n) is 4.21. The van der Waals surface area contributed by atoms with E-state index in [9.17, 15) is 14.7 Å². The first-order chi connectivity index (χ1) is 12.5. The van der Waals surface area contributed by atoms with Gasteiger partial charge in [-0.05, 0) is 18.2 Å². The van der Waals surface area contributed by atoms with Gasteiger partial charge in [0.2, 0.25) is 5.91 Å². The van der Waals surface area contributed by atoms with E-state index in [4.69, 9.17) is 11.6 Å². The largest absolute Gasteiger partial charge is 0.480 e. The third kappa shape index (κ3) is 2.95. The van der Waals surface area contributed by atoms with E-state index in [-0.39, 0.29) is 19.0 Å². The zero-order valence-electron chi connectivity index (χ0n) is 13.5. The minimum Gasteiger partial charge on any atom is -0.480 e. The second-order valence-electron chi connectivity index (χ2n) is 5.97. The number of aliphatic carboxylic acids is 1. The van der Waals surface area contributed by atoms with Crippen LogP contribution in [0.4, 0.5) is 5.82 Å². The Morgan fingerprint density at radius 2 is 2.19 bits per heavy atom. The highest BCUT2D eigenvalue weighted by Crippen LogP contribution is 2.28. The summed E-state index contributed by atoms with van der Waals surface area (Å²) in [5, 5.41) is 13.1. The molecule has 4 rings (SSSR count). The molecule has 8 nitrogen and oxygen atoms in total. The Kier molecular flexibility index (Phi) is 3.96. The van der Waals surface area contributed by atoms with E-state index in [1.165, 1.54) is 0 Å². The van der Waals surface area contributed by atoms with Crippen LogP contribution in [-0.2, 0) is 9.59 Å². The molecule has 1 aliphatic heterocycles. The maximum Gasteiger partial charge on any atom is 0.328 e. The molecule has 3 heterocycles. The summed E-state index contributed by atoms with van der Waals surface area (Å²) < 4.78 is 1.83. The number of piperazine rings is 1. The molecule has 0 saturated carbocycles. The molecule has 2 N–H and O–H groups in total. The van der Waals surface area contributed by atoms with Crippen LogP contribution >= 0.6 is 11.6 Å². The number of aromatic nitrogens is 3. The molecular weight excluding hydrogens is 358 g/mol. The molecule has 0 aliphatic carbocycles. The molecule has 1 fully saturated rings. The van der Waals surface area contributed by atoms with Gasteiger partial charge in [0, 0.05) is 28.9 Å². The quantitative estimate of drug-likeness (QED) is 0.723. The normalized spacial score (nSPS) is 17.3. The Balaban J connectivity index is 1.85. The van der Waals surface area contributed by atoms with Crippen molar-refractivity contribution in [3.8, 4) is 5.69 Å². The maximum absolute atomic E-state index is 11.9. The second-order valence-corrected chi connectivity index (χ2v) is 6.41. The van der Waals surface area contributed by atoms with Crippen molar-refractivity contribution in [3.05, 3.63) is 48.0 Å². The predicted molar refractivity (Wildman–Crippen MR) is 95.7 cm³/mol. The van der Waals surface area contributed by atoms with Crippen LogP contribution in [-0.4, -0.2) is 50.6 Å². The number of rotatable bonds is 3. The van der Waals surface area contributed by atoms with E-state index in [0.29, 0.717) is 16.4 Å². The van der Waals surface area contributed by atoms with Crippen molar-refractivity contribution in [1.82, 2.24) is 19.9 Å². The molecule has 9 heteroatoms. The number of benzene rings is 1. The first-order valence-electron chi connectivity index (χ1n) is 7.87. The molecule has 1 unspecified atom stereocenters. The van der Waals surface area contributed by atoms with Crippen LogP contribution in [0.1, 0.15) is 0 Å². The summed E-state index contributed by atoms with van der Waals surface area (Å²) >= 11 is 6.11. The topological polar surface area (TPSA) is 100 Å². The molecule has 3 aromatic rings. The van der Waals surface area contributed by atoms with Crippen LogP contribution < -0.4 is 10.2 Å². The predicted octanol–water partition coefficient (Wildman–Crippen LogP) is 1.46. The lowest BCUT2D eigenvalue weighted by atomic mass is 10.1. The number of fused-ring (bicyclic) bond motifs is 1. The lowest BCUT2D eigenvalue weighted by molar-refractivity contribution is -0.142. The van der Waals surface area contributed by atoms with Crippen molar-refractivity contribution in [1.29, 1.82) is 0 Å². The van der Waals surface area contributed by atoms with E-state index in [1.807, 2.05) is 16.7 Å². The lowest BCUT2D eigenvalue weighted by Crippen LogP contribution is -2.57. The molecular formula is C17H14ClN5O3. The molecule has 26 heavy (non-hydrogen) atoms. The number of nitrogens with one attached hydrogen (secondary N) is 1. The van der Waals surface area contributed by atoms with Crippen molar-refractivity contribution < 1.29 is 14.7 Å². The van der Waals surface area contributed by atoms with E-state index in [2.05, 4.69) is 15.3 Å². The number of hydrogen-bond donors (Lipinski definition) is 2. The fourth-order valence-corrected chi connectivity index (χ4v) is 3.17. The van der Waals surface area contributed by atoms with Gasteiger partial charge >= 0.3 is 5.97 Å². The highest BCUT2D eigenvalue weighted by atomic mass is 35.5. The summed E-state index contributed by atoms with van der Waals surface area (Å²) in [6, 6.07) is 6.21. The minimum absolute atomic E-state index is 0.0339. The van der Waals surface area contributed by atoms with Gasteiger partial charge in [-0.2, -0.15) is 0 Å². The number of anilines is 1. The van der Waals surface area contributed by atoms with E-state index in [1.54, 1.807) is 35.8 Å². The summed E-state index contributed by atoms with van der Waals surface area (Å²) in [5.41, 5.74) is 1.47. The standard InChI is InChI=1S/C17H14ClN5O3/c18-10-1-2-11-12(5-10)20-15(6-14(11)22-4-3-19-9-22)23-7-13(17(25)26)21-16(24)8-23/h1-6,9,13H,7-8H2,(H,21,24)(H,25,26). The smallest absolute Gasteiger partial charge is 0.328 e. The van der Waals surface area contributed by atoms with Crippen LogP contribution in [0.25, 0.3) is 16.6 Å². The zero-order chi connectivity index (χ0) is 18.3. The van der Waals surface area contributed by atoms with Crippen LogP contribution in [0.15, 0.2) is 43.0 Å². The molecule has 1 aromatic carbocycles. The molecule has 1 saturated heterocycles. The van der Waals surface area contributed by atoms with Gasteiger partial charge in [0.05, 0.1) is 30.6 Å². The van der Waals surface area contributed by atoms with Gasteiger partial charge < -0.3 is 19.9 Å². The Labute approximate surface area is 153 Å². The van der Waals surface area contributed by atoms with Gasteiger partial charge in [-0.25, -0.2) is 14.8 Å². The van der Waals surface area contributed by atoms with Gasteiger partial charge in [-0.15, -0.1) is 0 Å². The van der Waals surface area contributed by atoms with Gasteiger partial charge in [0.25, 0.3) is 0 Å². The number of carbonyl (C=O) groups is 2. The Morgan fingerprint density at radius 1 is 1.35 bits per heavy atom. The average molecular weight is 372 g/mol. The van der Waals surface area contributed by atoms with Gasteiger partial charge in [-0.3, -0.25) is 4.79 Å². The van der Waals surface area contributed by atoms with Crippen molar-refractivity contribution in [2.75, 3.05) is 18.0 Å². The number of nitrogens with zero attached hydrogens (tertiary/aromatic N) is 4. The monoisotopic (exact) mass is 371 g/mol.